The van der Waals surface area contributed by atoms with Crippen LogP contribution in [0.25, 0.3) is 0 Å². The second-order valence-corrected chi connectivity index (χ2v) is 5.84. The molecule has 0 saturated carbocycles. The molecule has 0 amide bonds. The quantitative estimate of drug-likeness (QED) is 0.564. The Morgan fingerprint density at radius 3 is 2.88 bits per heavy atom. The van der Waals surface area contributed by atoms with Gasteiger partial charge in [0, 0.05) is 23.1 Å². The molecule has 3 N–H and O–H groups in total. The predicted molar refractivity (Wildman–Crippen MR) is 91.0 cm³/mol. The third-order valence-electron chi connectivity index (χ3n) is 3.17. The lowest BCUT2D eigenvalue weighted by atomic mass is 10.2. The molecular weight excluding hydrogens is 336 g/mol. The smallest absolute Gasteiger partial charge is 0.387 e. The topological polar surface area (TPSA) is 68.9 Å². The molecule has 0 aliphatic carbocycles. The zero-order valence-electron chi connectivity index (χ0n) is 13.2. The number of thiophene rings is 1. The van der Waals surface area contributed by atoms with Gasteiger partial charge in [-0.05, 0) is 30.0 Å². The summed E-state index contributed by atoms with van der Waals surface area (Å²) in [6.45, 7) is -2.14. The highest BCUT2D eigenvalue weighted by Crippen LogP contribution is 2.27. The molecule has 0 aliphatic heterocycles. The summed E-state index contributed by atoms with van der Waals surface area (Å²) in [5, 5.41) is 5.01. The van der Waals surface area contributed by atoms with E-state index < -0.39 is 6.61 Å². The van der Waals surface area contributed by atoms with Gasteiger partial charge in [-0.2, -0.15) is 8.78 Å². The van der Waals surface area contributed by atoms with E-state index >= 15 is 0 Å². The predicted octanol–water partition coefficient (Wildman–Crippen LogP) is 3.01. The van der Waals surface area contributed by atoms with Gasteiger partial charge in [-0.1, -0.05) is 6.07 Å². The Kier molecular flexibility index (Phi) is 6.80. The Bertz CT molecular complexity index is 663. The molecule has 0 radical (unpaired) electrons. The van der Waals surface area contributed by atoms with Crippen LogP contribution in [0.4, 0.5) is 8.78 Å². The first kappa shape index (κ1) is 18.0. The molecular formula is C16H19F2N3O2S. The normalized spacial score (nSPS) is 11.6. The number of nitrogens with one attached hydrogen (secondary N) is 1. The third-order valence-corrected chi connectivity index (χ3v) is 4.10. The van der Waals surface area contributed by atoms with Gasteiger partial charge in [0.15, 0.2) is 5.96 Å². The van der Waals surface area contributed by atoms with E-state index in [1.807, 2.05) is 17.5 Å². The van der Waals surface area contributed by atoms with Crippen LogP contribution in [-0.4, -0.2) is 26.2 Å². The molecule has 8 heteroatoms. The number of guanidine groups is 1. The van der Waals surface area contributed by atoms with Crippen LogP contribution < -0.4 is 20.5 Å². The molecule has 0 saturated heterocycles. The highest BCUT2D eigenvalue weighted by atomic mass is 32.1. The molecule has 0 spiro atoms. The number of rotatable bonds is 8. The first-order valence-electron chi connectivity index (χ1n) is 7.26. The molecule has 0 unspecified atom stereocenters. The van der Waals surface area contributed by atoms with Crippen LogP contribution in [0.1, 0.15) is 10.4 Å². The highest BCUT2D eigenvalue weighted by molar-refractivity contribution is 7.09. The molecule has 130 valence electrons. The van der Waals surface area contributed by atoms with Crippen molar-refractivity contribution in [2.24, 2.45) is 10.7 Å². The van der Waals surface area contributed by atoms with Gasteiger partial charge in [0.2, 0.25) is 0 Å². The molecule has 1 heterocycles. The number of nitrogens with zero attached hydrogens (tertiary/aromatic N) is 1. The zero-order chi connectivity index (χ0) is 17.4. The van der Waals surface area contributed by atoms with Gasteiger partial charge in [-0.25, -0.2) is 4.99 Å². The number of alkyl halides is 2. The largest absolute Gasteiger partial charge is 0.497 e. The fourth-order valence-electron chi connectivity index (χ4n) is 1.99. The van der Waals surface area contributed by atoms with Crippen molar-refractivity contribution < 1.29 is 18.3 Å². The summed E-state index contributed by atoms with van der Waals surface area (Å²) in [5.41, 5.74) is 6.30. The maximum Gasteiger partial charge on any atom is 0.387 e. The van der Waals surface area contributed by atoms with E-state index in [4.69, 9.17) is 10.5 Å². The van der Waals surface area contributed by atoms with Crippen molar-refractivity contribution in [2.75, 3.05) is 13.7 Å². The van der Waals surface area contributed by atoms with Gasteiger partial charge in [-0.15, -0.1) is 11.3 Å². The Morgan fingerprint density at radius 2 is 2.21 bits per heavy atom. The average molecular weight is 355 g/mol. The van der Waals surface area contributed by atoms with Gasteiger partial charge < -0.3 is 20.5 Å². The summed E-state index contributed by atoms with van der Waals surface area (Å²) in [6, 6.07) is 8.72. The number of benzene rings is 1. The lowest BCUT2D eigenvalue weighted by Crippen LogP contribution is -2.33. The van der Waals surface area contributed by atoms with Crippen molar-refractivity contribution in [2.45, 2.75) is 19.6 Å². The molecule has 0 atom stereocenters. The Balaban J connectivity index is 1.93. The summed E-state index contributed by atoms with van der Waals surface area (Å²) in [4.78, 5) is 5.41. The number of methoxy groups -OCH3 is 1. The van der Waals surface area contributed by atoms with Crippen LogP contribution in [0, 0.1) is 0 Å². The van der Waals surface area contributed by atoms with Crippen LogP contribution >= 0.6 is 11.3 Å². The third kappa shape index (κ3) is 5.69. The molecule has 0 fully saturated rings. The number of hydrogen-bond donors (Lipinski definition) is 2. The molecule has 1 aromatic carbocycles. The zero-order valence-corrected chi connectivity index (χ0v) is 14.0. The molecule has 24 heavy (non-hydrogen) atoms. The van der Waals surface area contributed by atoms with Crippen LogP contribution in [-0.2, 0) is 13.0 Å². The van der Waals surface area contributed by atoms with Crippen molar-refractivity contribution in [3.63, 3.8) is 0 Å². The van der Waals surface area contributed by atoms with Crippen LogP contribution in [0.15, 0.2) is 40.7 Å². The Labute approximate surface area is 143 Å². The number of hydrogen-bond acceptors (Lipinski definition) is 4. The molecule has 1 aromatic heterocycles. The number of ether oxygens (including phenoxy) is 2. The molecule has 5 nitrogen and oxygen atoms in total. The van der Waals surface area contributed by atoms with Gasteiger partial charge in [0.05, 0.1) is 13.7 Å². The Morgan fingerprint density at radius 1 is 1.38 bits per heavy atom. The second kappa shape index (κ2) is 9.07. The minimum absolute atomic E-state index is 0.0273. The van der Waals surface area contributed by atoms with E-state index in [9.17, 15) is 8.78 Å². The van der Waals surface area contributed by atoms with Crippen LogP contribution in [0.3, 0.4) is 0 Å². The molecule has 0 bridgehead atoms. The first-order valence-corrected chi connectivity index (χ1v) is 8.14. The molecule has 2 rings (SSSR count). The van der Waals surface area contributed by atoms with Crippen molar-refractivity contribution in [3.8, 4) is 11.5 Å². The summed E-state index contributed by atoms with van der Waals surface area (Å²) >= 11 is 1.68. The molecule has 0 aliphatic rings. The summed E-state index contributed by atoms with van der Waals surface area (Å²) in [5.74, 6) is 0.713. The average Bonchev–Trinajstić information content (AvgIpc) is 3.06. The van der Waals surface area contributed by atoms with Gasteiger partial charge in [0.25, 0.3) is 0 Å². The van der Waals surface area contributed by atoms with E-state index in [0.717, 1.165) is 6.42 Å². The Hall–Kier alpha value is -2.35. The van der Waals surface area contributed by atoms with Crippen LogP contribution in [0.5, 0.6) is 11.5 Å². The molecule has 2 aromatic rings. The highest BCUT2D eigenvalue weighted by Gasteiger charge is 2.11. The second-order valence-electron chi connectivity index (χ2n) is 4.81. The number of halogens is 2. The van der Waals surface area contributed by atoms with Crippen molar-refractivity contribution >= 4 is 17.3 Å². The van der Waals surface area contributed by atoms with Gasteiger partial charge in [-0.3, -0.25) is 0 Å². The van der Waals surface area contributed by atoms with E-state index in [1.54, 1.807) is 23.5 Å². The minimum atomic E-state index is -2.92. The van der Waals surface area contributed by atoms with Crippen molar-refractivity contribution in [1.82, 2.24) is 5.32 Å². The summed E-state index contributed by atoms with van der Waals surface area (Å²) < 4.78 is 34.5. The van der Waals surface area contributed by atoms with Crippen molar-refractivity contribution in [3.05, 3.63) is 46.2 Å². The van der Waals surface area contributed by atoms with Gasteiger partial charge >= 0.3 is 6.61 Å². The fraction of sp³-hybridized carbons (Fsp3) is 0.312. The standard InChI is InChI=1S/C16H19F2N3O2S/c1-22-12-5-4-11(14(9-12)23-15(17)18)10-21-16(19)20-7-6-13-3-2-8-24-13/h2-5,8-9,15H,6-7,10H2,1H3,(H3,19,20,21). The van der Waals surface area contributed by atoms with E-state index in [-0.39, 0.29) is 18.3 Å². The minimum Gasteiger partial charge on any atom is -0.497 e. The van der Waals surface area contributed by atoms with Gasteiger partial charge in [0.1, 0.15) is 11.5 Å². The van der Waals surface area contributed by atoms with Crippen molar-refractivity contribution in [1.29, 1.82) is 0 Å². The fourth-order valence-corrected chi connectivity index (χ4v) is 2.70. The first-order chi connectivity index (χ1) is 11.6. The van der Waals surface area contributed by atoms with Crippen LogP contribution in [0.2, 0.25) is 0 Å². The maximum absolute atomic E-state index is 12.5. The number of nitrogens with two attached hydrogens (primary N) is 1. The monoisotopic (exact) mass is 355 g/mol. The lowest BCUT2D eigenvalue weighted by molar-refractivity contribution is -0.0505. The lowest BCUT2D eigenvalue weighted by Gasteiger charge is -2.11. The summed E-state index contributed by atoms with van der Waals surface area (Å²) in [6.07, 6.45) is 0.843. The maximum atomic E-state index is 12.5. The van der Waals surface area contributed by atoms with E-state index in [1.165, 1.54) is 18.1 Å². The number of aliphatic imine (C=N–C) groups is 1. The van der Waals surface area contributed by atoms with E-state index in [0.29, 0.717) is 17.9 Å². The van der Waals surface area contributed by atoms with E-state index in [2.05, 4.69) is 15.0 Å². The SMILES string of the molecule is COc1ccc(CN=C(N)NCCc2cccs2)c(OC(F)F)c1. The summed E-state index contributed by atoms with van der Waals surface area (Å²) in [7, 11) is 1.45.